The molecular weight excluding hydrogens is 419 g/mol. The summed E-state index contributed by atoms with van der Waals surface area (Å²) in [6, 6.07) is 9.62. The highest BCUT2D eigenvalue weighted by atomic mass is 127. The number of amides is 1. The average Bonchev–Trinajstić information content (AvgIpc) is 2.95. The molecule has 6 heteroatoms. The van der Waals surface area contributed by atoms with Crippen molar-refractivity contribution in [1.29, 1.82) is 0 Å². The largest absolute Gasteiger partial charge is 0.350 e. The molecule has 1 N–H and O–H groups in total. The highest BCUT2D eigenvalue weighted by molar-refractivity contribution is 14.1. The maximum Gasteiger partial charge on any atom is 0.252 e. The quantitative estimate of drug-likeness (QED) is 0.721. The van der Waals surface area contributed by atoms with Gasteiger partial charge in [0.25, 0.3) is 5.91 Å². The third kappa shape index (κ3) is 4.42. The molecule has 1 aromatic carbocycles. The fourth-order valence-corrected chi connectivity index (χ4v) is 3.65. The Bertz CT molecular complexity index is 616. The van der Waals surface area contributed by atoms with Crippen LogP contribution in [0.3, 0.4) is 0 Å². The first kappa shape index (κ1) is 16.7. The van der Waals surface area contributed by atoms with Gasteiger partial charge in [0.15, 0.2) is 0 Å². The van der Waals surface area contributed by atoms with Crippen LogP contribution in [0.5, 0.6) is 0 Å². The predicted octanol–water partition coefficient (Wildman–Crippen LogP) is 4.04. The second-order valence-electron chi connectivity index (χ2n) is 4.83. The van der Waals surface area contributed by atoms with Crippen molar-refractivity contribution in [3.8, 4) is 0 Å². The lowest BCUT2D eigenvalue weighted by molar-refractivity contribution is 0.0941. The third-order valence-electron chi connectivity index (χ3n) is 3.12. The smallest absolute Gasteiger partial charge is 0.252 e. The van der Waals surface area contributed by atoms with Gasteiger partial charge in [-0.15, -0.1) is 11.3 Å². The van der Waals surface area contributed by atoms with Gasteiger partial charge < -0.3 is 10.2 Å². The molecule has 2 rings (SSSR count). The Kier molecular flexibility index (Phi) is 6.04. The summed E-state index contributed by atoms with van der Waals surface area (Å²) in [7, 11) is 4.03. The van der Waals surface area contributed by atoms with E-state index in [9.17, 15) is 4.79 Å². The summed E-state index contributed by atoms with van der Waals surface area (Å²) in [6.45, 7) is 0.564. The monoisotopic (exact) mass is 434 g/mol. The Balaban J connectivity index is 2.07. The first-order chi connectivity index (χ1) is 9.99. The third-order valence-corrected chi connectivity index (χ3v) is 5.27. The van der Waals surface area contributed by atoms with Gasteiger partial charge in [-0.2, -0.15) is 0 Å². The van der Waals surface area contributed by atoms with E-state index in [-0.39, 0.29) is 11.9 Å². The molecule has 0 aliphatic carbocycles. The van der Waals surface area contributed by atoms with E-state index in [0.29, 0.717) is 17.1 Å². The van der Waals surface area contributed by atoms with E-state index in [1.807, 2.05) is 31.6 Å². The number of benzene rings is 1. The van der Waals surface area contributed by atoms with E-state index in [2.05, 4.69) is 38.9 Å². The zero-order chi connectivity index (χ0) is 15.4. The van der Waals surface area contributed by atoms with Crippen molar-refractivity contribution in [2.75, 3.05) is 20.6 Å². The Labute approximate surface area is 147 Å². The van der Waals surface area contributed by atoms with Gasteiger partial charge >= 0.3 is 0 Å². The molecule has 0 aliphatic heterocycles. The van der Waals surface area contributed by atoms with E-state index in [4.69, 9.17) is 11.6 Å². The lowest BCUT2D eigenvalue weighted by Gasteiger charge is -2.23. The minimum Gasteiger partial charge on any atom is -0.350 e. The van der Waals surface area contributed by atoms with Crippen LogP contribution in [0.2, 0.25) is 5.02 Å². The number of nitrogens with zero attached hydrogens (tertiary/aromatic N) is 1. The normalized spacial score (nSPS) is 12.4. The Morgan fingerprint density at radius 3 is 2.81 bits per heavy atom. The fraction of sp³-hybridized carbons (Fsp3) is 0.267. The summed E-state index contributed by atoms with van der Waals surface area (Å²) in [4.78, 5) is 15.7. The number of thiophene rings is 1. The molecule has 0 spiro atoms. The number of carbonyl (C=O) groups is 1. The summed E-state index contributed by atoms with van der Waals surface area (Å²) in [5, 5.41) is 5.62. The van der Waals surface area contributed by atoms with Crippen LogP contribution in [0, 0.1) is 3.57 Å². The molecule has 0 fully saturated rings. The van der Waals surface area contributed by atoms with Gasteiger partial charge in [0.1, 0.15) is 0 Å². The van der Waals surface area contributed by atoms with Gasteiger partial charge in [0, 0.05) is 20.0 Å². The van der Waals surface area contributed by atoms with Crippen molar-refractivity contribution in [2.45, 2.75) is 6.04 Å². The molecule has 2 aromatic rings. The first-order valence-electron chi connectivity index (χ1n) is 6.42. The van der Waals surface area contributed by atoms with Crippen molar-refractivity contribution in [3.63, 3.8) is 0 Å². The van der Waals surface area contributed by atoms with E-state index in [0.717, 1.165) is 3.57 Å². The molecular formula is C15H16ClIN2OS. The first-order valence-corrected chi connectivity index (χ1v) is 8.75. The molecule has 3 nitrogen and oxygen atoms in total. The van der Waals surface area contributed by atoms with Crippen LogP contribution in [0.25, 0.3) is 0 Å². The zero-order valence-corrected chi connectivity index (χ0v) is 15.5. The Morgan fingerprint density at radius 1 is 1.43 bits per heavy atom. The molecule has 1 atom stereocenters. The highest BCUT2D eigenvalue weighted by Gasteiger charge is 2.17. The van der Waals surface area contributed by atoms with Gasteiger partial charge in [-0.25, -0.2) is 0 Å². The number of likely N-dealkylation sites (N-methyl/N-ethyl adjacent to an activating group) is 1. The molecule has 112 valence electrons. The van der Waals surface area contributed by atoms with E-state index >= 15 is 0 Å². The number of halogens is 2. The number of nitrogens with one attached hydrogen (secondary N) is 1. The number of hydrogen-bond acceptors (Lipinski definition) is 3. The van der Waals surface area contributed by atoms with Gasteiger partial charge in [0.05, 0.1) is 11.6 Å². The van der Waals surface area contributed by atoms with Crippen LogP contribution < -0.4 is 5.32 Å². The van der Waals surface area contributed by atoms with Crippen LogP contribution in [0.4, 0.5) is 0 Å². The van der Waals surface area contributed by atoms with Crippen LogP contribution in [-0.4, -0.2) is 31.4 Å². The molecule has 0 aliphatic rings. The lowest BCUT2D eigenvalue weighted by Crippen LogP contribution is -2.34. The van der Waals surface area contributed by atoms with Crippen molar-refractivity contribution in [3.05, 3.63) is 54.7 Å². The van der Waals surface area contributed by atoms with Gasteiger partial charge in [-0.1, -0.05) is 17.7 Å². The van der Waals surface area contributed by atoms with Gasteiger partial charge in [-0.3, -0.25) is 4.79 Å². The zero-order valence-electron chi connectivity index (χ0n) is 11.8. The lowest BCUT2D eigenvalue weighted by atomic mass is 10.2. The van der Waals surface area contributed by atoms with Crippen molar-refractivity contribution < 1.29 is 4.79 Å². The van der Waals surface area contributed by atoms with Crippen LogP contribution in [0.1, 0.15) is 21.3 Å². The van der Waals surface area contributed by atoms with E-state index in [1.54, 1.807) is 23.5 Å². The summed E-state index contributed by atoms with van der Waals surface area (Å²) in [5.41, 5.74) is 0.617. The minimum absolute atomic E-state index is 0.0923. The fourth-order valence-electron chi connectivity index (χ4n) is 1.97. The molecule has 0 bridgehead atoms. The summed E-state index contributed by atoms with van der Waals surface area (Å²) in [5.74, 6) is -0.0923. The van der Waals surface area contributed by atoms with Crippen LogP contribution >= 0.6 is 45.5 Å². The standard InChI is InChI=1S/C15H16ClIN2OS/c1-19(2)13(14-4-3-7-21-14)9-18-15(20)11-8-10(16)5-6-12(11)17/h3-8,13H,9H2,1-2H3,(H,18,20). The number of rotatable bonds is 5. The SMILES string of the molecule is CN(C)C(CNC(=O)c1cc(Cl)ccc1I)c1cccs1. The Morgan fingerprint density at radius 2 is 2.19 bits per heavy atom. The maximum atomic E-state index is 12.3. The van der Waals surface area contributed by atoms with Gasteiger partial charge in [-0.05, 0) is 66.3 Å². The predicted molar refractivity (Wildman–Crippen MR) is 97.2 cm³/mol. The van der Waals surface area contributed by atoms with Crippen molar-refractivity contribution in [2.24, 2.45) is 0 Å². The van der Waals surface area contributed by atoms with Gasteiger partial charge in [0.2, 0.25) is 0 Å². The highest BCUT2D eigenvalue weighted by Crippen LogP contribution is 2.23. The molecule has 0 saturated heterocycles. The second-order valence-corrected chi connectivity index (χ2v) is 7.41. The molecule has 21 heavy (non-hydrogen) atoms. The second kappa shape index (κ2) is 7.58. The molecule has 1 amide bonds. The number of carbonyl (C=O) groups excluding carboxylic acids is 1. The summed E-state index contributed by atoms with van der Waals surface area (Å²) < 4.78 is 0.895. The van der Waals surface area contributed by atoms with Crippen molar-refractivity contribution >= 4 is 51.4 Å². The molecule has 0 radical (unpaired) electrons. The molecule has 0 saturated carbocycles. The number of hydrogen-bond donors (Lipinski definition) is 1. The minimum atomic E-state index is -0.0923. The van der Waals surface area contributed by atoms with Crippen molar-refractivity contribution in [1.82, 2.24) is 10.2 Å². The molecule has 1 unspecified atom stereocenters. The average molecular weight is 435 g/mol. The van der Waals surface area contributed by atoms with E-state index < -0.39 is 0 Å². The van der Waals surface area contributed by atoms with E-state index in [1.165, 1.54) is 4.88 Å². The molecule has 1 heterocycles. The summed E-state index contributed by atoms with van der Waals surface area (Å²) in [6.07, 6.45) is 0. The van der Waals surface area contributed by atoms with Crippen LogP contribution in [-0.2, 0) is 0 Å². The summed E-state index contributed by atoms with van der Waals surface area (Å²) >= 11 is 9.81. The Hall–Kier alpha value is -0.630. The topological polar surface area (TPSA) is 32.3 Å². The van der Waals surface area contributed by atoms with Crippen LogP contribution in [0.15, 0.2) is 35.7 Å². The molecule has 1 aromatic heterocycles. The maximum absolute atomic E-state index is 12.3.